The van der Waals surface area contributed by atoms with Crippen LogP contribution in [-0.4, -0.2) is 176 Å². The standard InChI is InChI=1S/C31H60N4O13/c1-2-38-8-9-40-12-13-42-16-17-44-20-21-46-24-25-48-27-26-47-23-22-45-19-18-43-15-14-41-11-10-39-7-5-35(33)29-30(32)28-34-31(37)4-3-6-36/h3-4,6,29H,2,5,7-28,32-33H2,1H3,(H,34,37)/b4-3-,30-29-. The minimum atomic E-state index is -0.425. The molecular formula is C31H60N4O13. The molecule has 17 nitrogen and oxygen atoms in total. The maximum absolute atomic E-state index is 11.4. The number of carbonyl (C=O) groups is 2. The van der Waals surface area contributed by atoms with E-state index in [9.17, 15) is 9.59 Å². The van der Waals surface area contributed by atoms with Gasteiger partial charge in [-0.25, -0.2) is 5.84 Å². The predicted molar refractivity (Wildman–Crippen MR) is 176 cm³/mol. The third-order valence-electron chi connectivity index (χ3n) is 5.54. The molecule has 0 aliphatic carbocycles. The molecule has 0 aromatic heterocycles. The van der Waals surface area contributed by atoms with Gasteiger partial charge in [-0.05, 0) is 13.0 Å². The summed E-state index contributed by atoms with van der Waals surface area (Å²) >= 11 is 0. The molecule has 0 bridgehead atoms. The van der Waals surface area contributed by atoms with Gasteiger partial charge in [0.2, 0.25) is 5.91 Å². The molecule has 0 aliphatic rings. The van der Waals surface area contributed by atoms with Crippen molar-refractivity contribution in [3.63, 3.8) is 0 Å². The van der Waals surface area contributed by atoms with Crippen molar-refractivity contribution >= 4 is 12.2 Å². The largest absolute Gasteiger partial charge is 0.399 e. The zero-order valence-electron chi connectivity index (χ0n) is 28.7. The number of hydrogen-bond donors (Lipinski definition) is 3. The first-order chi connectivity index (χ1) is 23.6. The van der Waals surface area contributed by atoms with Crippen LogP contribution in [0.25, 0.3) is 0 Å². The van der Waals surface area contributed by atoms with E-state index in [1.165, 1.54) is 11.2 Å². The monoisotopic (exact) mass is 696 g/mol. The van der Waals surface area contributed by atoms with E-state index in [2.05, 4.69) is 5.32 Å². The van der Waals surface area contributed by atoms with Gasteiger partial charge in [0.25, 0.3) is 0 Å². The lowest BCUT2D eigenvalue weighted by molar-refractivity contribution is -0.116. The van der Waals surface area contributed by atoms with Crippen molar-refractivity contribution in [2.45, 2.75) is 6.92 Å². The Bertz CT molecular complexity index is 766. The van der Waals surface area contributed by atoms with Gasteiger partial charge in [0, 0.05) is 24.6 Å². The smallest absolute Gasteiger partial charge is 0.244 e. The Morgan fingerprint density at radius 3 is 1.19 bits per heavy atom. The number of hydrogen-bond acceptors (Lipinski definition) is 16. The van der Waals surface area contributed by atoms with Crippen molar-refractivity contribution < 1.29 is 61.7 Å². The number of ether oxygens (including phenoxy) is 11. The molecule has 0 spiro atoms. The lowest BCUT2D eigenvalue weighted by Gasteiger charge is -2.15. The van der Waals surface area contributed by atoms with Crippen LogP contribution < -0.4 is 16.9 Å². The van der Waals surface area contributed by atoms with Crippen LogP contribution in [0.1, 0.15) is 6.92 Å². The number of allylic oxidation sites excluding steroid dienone is 1. The summed E-state index contributed by atoms with van der Waals surface area (Å²) in [5, 5.41) is 3.89. The third-order valence-corrected chi connectivity index (χ3v) is 5.54. The van der Waals surface area contributed by atoms with Crippen molar-refractivity contribution in [1.82, 2.24) is 10.3 Å². The molecule has 0 saturated heterocycles. The molecule has 282 valence electrons. The van der Waals surface area contributed by atoms with E-state index in [1.54, 1.807) is 0 Å². The van der Waals surface area contributed by atoms with E-state index in [0.29, 0.717) is 164 Å². The minimum absolute atomic E-state index is 0.103. The number of rotatable bonds is 39. The molecule has 0 heterocycles. The van der Waals surface area contributed by atoms with Crippen LogP contribution >= 0.6 is 0 Å². The maximum Gasteiger partial charge on any atom is 0.244 e. The number of amides is 1. The molecule has 0 aliphatic heterocycles. The second-order valence-electron chi connectivity index (χ2n) is 9.48. The summed E-state index contributed by atoms with van der Waals surface area (Å²) in [7, 11) is 0. The Balaban J connectivity index is 3.23. The van der Waals surface area contributed by atoms with Crippen molar-refractivity contribution in [1.29, 1.82) is 0 Å². The molecule has 48 heavy (non-hydrogen) atoms. The van der Waals surface area contributed by atoms with E-state index in [4.69, 9.17) is 63.7 Å². The Labute approximate surface area is 285 Å². The van der Waals surface area contributed by atoms with E-state index >= 15 is 0 Å². The van der Waals surface area contributed by atoms with Crippen LogP contribution in [0, 0.1) is 0 Å². The lowest BCUT2D eigenvalue weighted by Crippen LogP contribution is -2.33. The number of carbonyl (C=O) groups excluding carboxylic acids is 2. The van der Waals surface area contributed by atoms with Gasteiger partial charge in [-0.15, -0.1) is 0 Å². The second kappa shape index (κ2) is 39.2. The topological polar surface area (TPSA) is 203 Å². The molecule has 0 atom stereocenters. The third kappa shape index (κ3) is 38.2. The normalized spacial score (nSPS) is 11.8. The Morgan fingerprint density at radius 2 is 0.875 bits per heavy atom. The number of aldehydes is 1. The van der Waals surface area contributed by atoms with Gasteiger partial charge >= 0.3 is 0 Å². The average Bonchev–Trinajstić information content (AvgIpc) is 3.08. The molecule has 1 amide bonds. The first kappa shape index (κ1) is 45.7. The van der Waals surface area contributed by atoms with Gasteiger partial charge in [0.05, 0.1) is 152 Å². The molecule has 0 rings (SSSR count). The fourth-order valence-electron chi connectivity index (χ4n) is 3.21. The molecule has 0 saturated carbocycles. The zero-order valence-corrected chi connectivity index (χ0v) is 28.7. The summed E-state index contributed by atoms with van der Waals surface area (Å²) in [4.78, 5) is 21.6. The maximum atomic E-state index is 11.4. The summed E-state index contributed by atoms with van der Waals surface area (Å²) in [5.41, 5.74) is 6.15. The van der Waals surface area contributed by atoms with Crippen molar-refractivity contribution in [3.8, 4) is 0 Å². The van der Waals surface area contributed by atoms with E-state index < -0.39 is 5.91 Å². The molecule has 0 radical (unpaired) electrons. The van der Waals surface area contributed by atoms with Crippen molar-refractivity contribution in [2.75, 3.05) is 158 Å². The molecule has 0 aromatic rings. The number of hydrazine groups is 1. The van der Waals surface area contributed by atoms with Crippen LogP contribution in [-0.2, 0) is 61.7 Å². The minimum Gasteiger partial charge on any atom is -0.399 e. The predicted octanol–water partition coefficient (Wildman–Crippen LogP) is -0.964. The number of nitrogens with two attached hydrogens (primary N) is 2. The molecular weight excluding hydrogens is 636 g/mol. The van der Waals surface area contributed by atoms with Crippen molar-refractivity contribution in [3.05, 3.63) is 24.0 Å². The lowest BCUT2D eigenvalue weighted by atomic mass is 10.4. The fourth-order valence-corrected chi connectivity index (χ4v) is 3.21. The van der Waals surface area contributed by atoms with E-state index in [1.807, 2.05) is 6.92 Å². The molecule has 0 unspecified atom stereocenters. The molecule has 5 N–H and O–H groups in total. The Hall–Kier alpha value is -2.26. The zero-order chi connectivity index (χ0) is 35.0. The van der Waals surface area contributed by atoms with Gasteiger partial charge < -0.3 is 68.2 Å². The van der Waals surface area contributed by atoms with Gasteiger partial charge in [-0.2, -0.15) is 0 Å². The summed E-state index contributed by atoms with van der Waals surface area (Å²) in [5.74, 6) is 5.39. The van der Waals surface area contributed by atoms with E-state index in [0.717, 1.165) is 12.2 Å². The van der Waals surface area contributed by atoms with Gasteiger partial charge in [0.15, 0.2) is 0 Å². The summed E-state index contributed by atoms with van der Waals surface area (Å²) in [6, 6.07) is 0. The van der Waals surface area contributed by atoms with Crippen molar-refractivity contribution in [2.24, 2.45) is 11.6 Å². The van der Waals surface area contributed by atoms with Gasteiger partial charge in [-0.1, -0.05) is 0 Å². The van der Waals surface area contributed by atoms with Crippen LogP contribution in [0.3, 0.4) is 0 Å². The highest BCUT2D eigenvalue weighted by Crippen LogP contribution is 1.89. The first-order valence-corrected chi connectivity index (χ1v) is 16.3. The van der Waals surface area contributed by atoms with Crippen LogP contribution in [0.15, 0.2) is 24.0 Å². The highest BCUT2D eigenvalue weighted by Gasteiger charge is 2.00. The van der Waals surface area contributed by atoms with Crippen LogP contribution in [0.5, 0.6) is 0 Å². The van der Waals surface area contributed by atoms with Gasteiger partial charge in [0.1, 0.15) is 6.29 Å². The van der Waals surface area contributed by atoms with Gasteiger partial charge in [-0.3, -0.25) is 9.59 Å². The summed E-state index contributed by atoms with van der Waals surface area (Å²) < 4.78 is 59.6. The number of nitrogens with zero attached hydrogens (tertiary/aromatic N) is 1. The summed E-state index contributed by atoms with van der Waals surface area (Å²) in [6.45, 7) is 13.5. The quantitative estimate of drug-likeness (QED) is 0.0233. The van der Waals surface area contributed by atoms with Crippen LogP contribution in [0.2, 0.25) is 0 Å². The molecule has 0 fully saturated rings. The number of nitrogens with one attached hydrogen (secondary N) is 1. The van der Waals surface area contributed by atoms with E-state index in [-0.39, 0.29) is 6.54 Å². The Morgan fingerprint density at radius 1 is 0.562 bits per heavy atom. The molecule has 0 aromatic carbocycles. The highest BCUT2D eigenvalue weighted by molar-refractivity contribution is 5.90. The van der Waals surface area contributed by atoms with Crippen LogP contribution in [0.4, 0.5) is 0 Å². The first-order valence-electron chi connectivity index (χ1n) is 16.3. The molecule has 17 heteroatoms. The summed E-state index contributed by atoms with van der Waals surface area (Å²) in [6.07, 6.45) is 4.22. The fraction of sp³-hybridized carbons (Fsp3) is 0.806. The highest BCUT2D eigenvalue weighted by atomic mass is 16.6. The average molecular weight is 697 g/mol. The SMILES string of the molecule is CCOCCOCCOCCOCCOCCOCCOCCOCCOCCOCCOCCN(N)/C=C(\N)CNC(=O)/C=C\C=O. The second-order valence-corrected chi connectivity index (χ2v) is 9.48. The Kier molecular flexibility index (Phi) is 37.3.